The Balaban J connectivity index is 2.10. The van der Waals surface area contributed by atoms with Gasteiger partial charge in [0.1, 0.15) is 16.9 Å². The van der Waals surface area contributed by atoms with E-state index in [0.29, 0.717) is 27.6 Å². The van der Waals surface area contributed by atoms with Crippen molar-refractivity contribution >= 4 is 45.9 Å². The molecule has 0 unspecified atom stereocenters. The second kappa shape index (κ2) is 5.04. The van der Waals surface area contributed by atoms with Gasteiger partial charge >= 0.3 is 0 Å². The molecule has 0 aliphatic heterocycles. The van der Waals surface area contributed by atoms with Crippen LogP contribution in [0.15, 0.2) is 24.3 Å². The van der Waals surface area contributed by atoms with Gasteiger partial charge in [-0.25, -0.2) is 4.98 Å². The molecule has 0 saturated heterocycles. The second-order valence-electron chi connectivity index (χ2n) is 4.17. The molecule has 3 rings (SSSR count). The highest BCUT2D eigenvalue weighted by Gasteiger charge is 2.11. The van der Waals surface area contributed by atoms with Gasteiger partial charge in [0.05, 0.1) is 34.1 Å². The number of aryl methyl sites for hydroxylation is 1. The zero-order valence-electron chi connectivity index (χ0n) is 10.4. The summed E-state index contributed by atoms with van der Waals surface area (Å²) in [5.74, 6) is 0.559. The van der Waals surface area contributed by atoms with Crippen LogP contribution in [0, 0.1) is 18.3 Å². The average molecular weight is 302 g/mol. The van der Waals surface area contributed by atoms with Crippen molar-refractivity contribution in [2.75, 3.05) is 5.32 Å². The molecule has 2 heterocycles. The van der Waals surface area contributed by atoms with Crippen molar-refractivity contribution in [2.24, 2.45) is 0 Å². The van der Waals surface area contributed by atoms with Gasteiger partial charge in [-0.1, -0.05) is 11.6 Å². The fraction of sp³-hybridized carbons (Fsp3) is 0.0769. The molecule has 0 atom stereocenters. The van der Waals surface area contributed by atoms with Crippen LogP contribution in [0.25, 0.3) is 11.0 Å². The number of nitrogens with zero attached hydrogens (tertiary/aromatic N) is 4. The molecule has 0 radical (unpaired) electrons. The maximum atomic E-state index is 8.99. The molecule has 20 heavy (non-hydrogen) atoms. The monoisotopic (exact) mass is 301 g/mol. The molecule has 3 aromatic rings. The van der Waals surface area contributed by atoms with E-state index < -0.39 is 0 Å². The third kappa shape index (κ3) is 2.29. The van der Waals surface area contributed by atoms with E-state index in [9.17, 15) is 0 Å². The van der Waals surface area contributed by atoms with Crippen LogP contribution in [0.2, 0.25) is 5.02 Å². The molecular weight excluding hydrogens is 294 g/mol. The summed E-state index contributed by atoms with van der Waals surface area (Å²) in [6.45, 7) is 1.83. The number of pyridine rings is 1. The van der Waals surface area contributed by atoms with E-state index in [4.69, 9.17) is 16.9 Å². The first-order valence-electron chi connectivity index (χ1n) is 5.74. The van der Waals surface area contributed by atoms with E-state index in [1.165, 1.54) is 0 Å². The second-order valence-corrected chi connectivity index (χ2v) is 5.11. The molecular formula is C13H8ClN5S. The molecule has 0 saturated carbocycles. The van der Waals surface area contributed by atoms with E-state index >= 15 is 0 Å². The molecule has 0 spiro atoms. The van der Waals surface area contributed by atoms with Crippen molar-refractivity contribution < 1.29 is 0 Å². The molecule has 0 aliphatic carbocycles. The van der Waals surface area contributed by atoms with Gasteiger partial charge in [-0.2, -0.15) is 14.0 Å². The van der Waals surface area contributed by atoms with Crippen LogP contribution in [-0.2, 0) is 0 Å². The Hall–Kier alpha value is -2.23. The number of rotatable bonds is 2. The van der Waals surface area contributed by atoms with Crippen molar-refractivity contribution in [1.29, 1.82) is 5.26 Å². The van der Waals surface area contributed by atoms with Crippen LogP contribution in [0.4, 0.5) is 11.5 Å². The smallest absolute Gasteiger partial charge is 0.132 e. The summed E-state index contributed by atoms with van der Waals surface area (Å²) in [7, 11) is 0. The number of anilines is 2. The zero-order chi connectivity index (χ0) is 14.1. The average Bonchev–Trinajstić information content (AvgIpc) is 2.90. The molecule has 98 valence electrons. The van der Waals surface area contributed by atoms with Gasteiger partial charge in [-0.3, -0.25) is 0 Å². The Morgan fingerprint density at radius 3 is 2.95 bits per heavy atom. The summed E-state index contributed by atoms with van der Waals surface area (Å²) in [4.78, 5) is 4.34. The maximum Gasteiger partial charge on any atom is 0.132 e. The highest BCUT2D eigenvalue weighted by Crippen LogP contribution is 2.32. The number of halogens is 1. The molecule has 0 bridgehead atoms. The van der Waals surface area contributed by atoms with Crippen LogP contribution >= 0.6 is 23.3 Å². The lowest BCUT2D eigenvalue weighted by Crippen LogP contribution is -1.97. The predicted octanol–water partition coefficient (Wildman–Crippen LogP) is 3.66. The SMILES string of the molecule is Cc1cc(C#N)cc(Nc2c(Cl)ccc3nsnc23)n1. The minimum Gasteiger partial charge on any atom is -0.337 e. The molecule has 2 aromatic heterocycles. The third-order valence-corrected chi connectivity index (χ3v) is 3.57. The molecule has 7 heteroatoms. The molecule has 0 aliphatic rings. The number of hydrogen-bond donors (Lipinski definition) is 1. The summed E-state index contributed by atoms with van der Waals surface area (Å²) < 4.78 is 8.40. The summed E-state index contributed by atoms with van der Waals surface area (Å²) >= 11 is 7.33. The molecule has 5 nitrogen and oxygen atoms in total. The zero-order valence-corrected chi connectivity index (χ0v) is 12.0. The van der Waals surface area contributed by atoms with E-state index in [1.54, 1.807) is 18.2 Å². The van der Waals surface area contributed by atoms with Crippen LogP contribution in [0.3, 0.4) is 0 Å². The first kappa shape index (κ1) is 12.8. The molecule has 0 fully saturated rings. The van der Waals surface area contributed by atoms with Crippen molar-refractivity contribution in [3.63, 3.8) is 0 Å². The largest absolute Gasteiger partial charge is 0.337 e. The van der Waals surface area contributed by atoms with Gasteiger partial charge in [0.25, 0.3) is 0 Å². The number of hydrogen-bond acceptors (Lipinski definition) is 6. The number of benzene rings is 1. The lowest BCUT2D eigenvalue weighted by atomic mass is 10.2. The maximum absolute atomic E-state index is 8.99. The highest BCUT2D eigenvalue weighted by atomic mass is 35.5. The Morgan fingerprint density at radius 2 is 2.15 bits per heavy atom. The quantitative estimate of drug-likeness (QED) is 0.781. The molecule has 1 N–H and O–H groups in total. The van der Waals surface area contributed by atoms with Gasteiger partial charge in [-0.05, 0) is 31.2 Å². The number of nitriles is 1. The normalized spacial score (nSPS) is 10.4. The lowest BCUT2D eigenvalue weighted by molar-refractivity contribution is 1.19. The minimum atomic E-state index is 0.534. The van der Waals surface area contributed by atoms with Crippen molar-refractivity contribution in [1.82, 2.24) is 13.7 Å². The van der Waals surface area contributed by atoms with Crippen molar-refractivity contribution in [3.8, 4) is 6.07 Å². The molecule has 1 aromatic carbocycles. The number of fused-ring (bicyclic) bond motifs is 1. The van der Waals surface area contributed by atoms with Crippen molar-refractivity contribution in [3.05, 3.63) is 40.5 Å². The standard InChI is InChI=1S/C13H8ClN5S/c1-7-4-8(6-15)5-11(16-7)17-12-9(14)2-3-10-13(12)19-20-18-10/h2-5H,1H3,(H,16,17). The number of nitrogens with one attached hydrogen (secondary N) is 1. The first-order chi connectivity index (χ1) is 9.67. The van der Waals surface area contributed by atoms with E-state index in [0.717, 1.165) is 22.9 Å². The number of aromatic nitrogens is 3. The van der Waals surface area contributed by atoms with E-state index in [-0.39, 0.29) is 0 Å². The Labute approximate surface area is 124 Å². The van der Waals surface area contributed by atoms with Crippen LogP contribution in [0.5, 0.6) is 0 Å². The molecule has 0 amide bonds. The van der Waals surface area contributed by atoms with Gasteiger partial charge in [0.15, 0.2) is 0 Å². The fourth-order valence-electron chi connectivity index (χ4n) is 1.87. The van der Waals surface area contributed by atoms with E-state index in [2.05, 4.69) is 25.1 Å². The van der Waals surface area contributed by atoms with Crippen LogP contribution in [-0.4, -0.2) is 13.7 Å². The van der Waals surface area contributed by atoms with Gasteiger partial charge in [-0.15, -0.1) is 0 Å². The highest BCUT2D eigenvalue weighted by molar-refractivity contribution is 7.00. The van der Waals surface area contributed by atoms with Gasteiger partial charge in [0, 0.05) is 5.69 Å². The minimum absolute atomic E-state index is 0.534. The van der Waals surface area contributed by atoms with Gasteiger partial charge in [0.2, 0.25) is 0 Å². The lowest BCUT2D eigenvalue weighted by Gasteiger charge is -2.09. The Bertz CT molecular complexity index is 836. The fourth-order valence-corrected chi connectivity index (χ4v) is 2.61. The summed E-state index contributed by atoms with van der Waals surface area (Å²) in [5, 5.41) is 12.7. The third-order valence-electron chi connectivity index (χ3n) is 2.71. The Kier molecular flexibility index (Phi) is 3.22. The summed E-state index contributed by atoms with van der Waals surface area (Å²) in [5.41, 5.74) is 3.42. The predicted molar refractivity (Wildman–Crippen MR) is 79.4 cm³/mol. The van der Waals surface area contributed by atoms with Crippen LogP contribution < -0.4 is 5.32 Å². The summed E-state index contributed by atoms with van der Waals surface area (Å²) in [6, 6.07) is 9.07. The topological polar surface area (TPSA) is 74.5 Å². The van der Waals surface area contributed by atoms with Crippen molar-refractivity contribution in [2.45, 2.75) is 6.92 Å². The van der Waals surface area contributed by atoms with E-state index in [1.807, 2.05) is 13.0 Å². The Morgan fingerprint density at radius 1 is 1.30 bits per heavy atom. The van der Waals surface area contributed by atoms with Crippen LogP contribution in [0.1, 0.15) is 11.3 Å². The summed E-state index contributed by atoms with van der Waals surface area (Å²) in [6.07, 6.45) is 0. The first-order valence-corrected chi connectivity index (χ1v) is 6.85. The van der Waals surface area contributed by atoms with Gasteiger partial charge < -0.3 is 5.32 Å².